The van der Waals surface area contributed by atoms with Crippen LogP contribution in [0.15, 0.2) is 47.8 Å². The number of rotatable bonds is 4. The SMILES string of the molecule is CCNC(c1ccc2ccccc2c1)c1csc(C)n1. The lowest BCUT2D eigenvalue weighted by Gasteiger charge is -2.17. The van der Waals surface area contributed by atoms with Crippen molar-refractivity contribution in [3.05, 3.63) is 64.1 Å². The molecule has 102 valence electrons. The number of aromatic nitrogens is 1. The van der Waals surface area contributed by atoms with Gasteiger partial charge in [-0.2, -0.15) is 0 Å². The van der Waals surface area contributed by atoms with E-state index in [9.17, 15) is 0 Å². The van der Waals surface area contributed by atoms with Gasteiger partial charge in [0.25, 0.3) is 0 Å². The van der Waals surface area contributed by atoms with E-state index in [4.69, 9.17) is 0 Å². The second-order valence-corrected chi connectivity index (χ2v) is 5.95. The molecule has 1 atom stereocenters. The zero-order valence-corrected chi connectivity index (χ0v) is 12.6. The van der Waals surface area contributed by atoms with Gasteiger partial charge in [0.05, 0.1) is 16.7 Å². The van der Waals surface area contributed by atoms with Crippen LogP contribution in [0.4, 0.5) is 0 Å². The van der Waals surface area contributed by atoms with Crippen molar-refractivity contribution in [2.24, 2.45) is 0 Å². The number of thiazole rings is 1. The van der Waals surface area contributed by atoms with Gasteiger partial charge in [-0.15, -0.1) is 11.3 Å². The summed E-state index contributed by atoms with van der Waals surface area (Å²) in [4.78, 5) is 4.64. The quantitative estimate of drug-likeness (QED) is 0.771. The molecule has 0 aliphatic heterocycles. The van der Waals surface area contributed by atoms with Gasteiger partial charge in [-0.25, -0.2) is 4.98 Å². The summed E-state index contributed by atoms with van der Waals surface area (Å²) < 4.78 is 0. The van der Waals surface area contributed by atoms with Crippen molar-refractivity contribution < 1.29 is 0 Å². The van der Waals surface area contributed by atoms with Crippen LogP contribution in [0, 0.1) is 6.92 Å². The molecule has 1 unspecified atom stereocenters. The lowest BCUT2D eigenvalue weighted by Crippen LogP contribution is -2.22. The fourth-order valence-electron chi connectivity index (χ4n) is 2.50. The van der Waals surface area contributed by atoms with Crippen molar-refractivity contribution in [1.82, 2.24) is 10.3 Å². The highest BCUT2D eigenvalue weighted by Crippen LogP contribution is 2.26. The van der Waals surface area contributed by atoms with Crippen LogP contribution in [-0.4, -0.2) is 11.5 Å². The molecule has 2 nitrogen and oxygen atoms in total. The fourth-order valence-corrected chi connectivity index (χ4v) is 3.14. The first-order valence-electron chi connectivity index (χ1n) is 6.92. The van der Waals surface area contributed by atoms with Crippen LogP contribution in [0.25, 0.3) is 10.8 Å². The number of nitrogens with one attached hydrogen (secondary N) is 1. The smallest absolute Gasteiger partial charge is 0.0898 e. The van der Waals surface area contributed by atoms with Crippen molar-refractivity contribution in [3.8, 4) is 0 Å². The maximum Gasteiger partial charge on any atom is 0.0898 e. The second kappa shape index (κ2) is 5.73. The summed E-state index contributed by atoms with van der Waals surface area (Å²) in [5.41, 5.74) is 2.39. The van der Waals surface area contributed by atoms with E-state index in [0.29, 0.717) is 0 Å². The summed E-state index contributed by atoms with van der Waals surface area (Å²) in [7, 11) is 0. The molecule has 3 rings (SSSR count). The molecule has 1 heterocycles. The van der Waals surface area contributed by atoms with Gasteiger partial charge < -0.3 is 5.32 Å². The topological polar surface area (TPSA) is 24.9 Å². The molecule has 0 aliphatic rings. The van der Waals surface area contributed by atoms with Crippen molar-refractivity contribution >= 4 is 22.1 Å². The van der Waals surface area contributed by atoms with E-state index in [-0.39, 0.29) is 6.04 Å². The Morgan fingerprint density at radius 1 is 1.15 bits per heavy atom. The molecule has 0 spiro atoms. The normalized spacial score (nSPS) is 12.7. The van der Waals surface area contributed by atoms with Crippen LogP contribution >= 0.6 is 11.3 Å². The fraction of sp³-hybridized carbons (Fsp3) is 0.235. The first-order chi connectivity index (χ1) is 9.78. The lowest BCUT2D eigenvalue weighted by molar-refractivity contribution is 0.618. The van der Waals surface area contributed by atoms with Crippen molar-refractivity contribution in [3.63, 3.8) is 0 Å². The molecule has 0 amide bonds. The predicted molar refractivity (Wildman–Crippen MR) is 86.3 cm³/mol. The predicted octanol–water partition coefficient (Wildman–Crippen LogP) is 4.30. The van der Waals surface area contributed by atoms with Crippen LogP contribution in [0.5, 0.6) is 0 Å². The van der Waals surface area contributed by atoms with E-state index in [1.807, 2.05) is 0 Å². The van der Waals surface area contributed by atoms with E-state index >= 15 is 0 Å². The molecule has 1 aromatic heterocycles. The largest absolute Gasteiger partial charge is 0.305 e. The highest BCUT2D eigenvalue weighted by molar-refractivity contribution is 7.09. The first-order valence-corrected chi connectivity index (χ1v) is 7.80. The average molecular weight is 282 g/mol. The molecule has 20 heavy (non-hydrogen) atoms. The van der Waals surface area contributed by atoms with Gasteiger partial charge in [0.15, 0.2) is 0 Å². The maximum absolute atomic E-state index is 4.64. The highest BCUT2D eigenvalue weighted by Gasteiger charge is 2.15. The average Bonchev–Trinajstić information content (AvgIpc) is 2.90. The lowest BCUT2D eigenvalue weighted by atomic mass is 10.00. The Morgan fingerprint density at radius 3 is 2.65 bits per heavy atom. The van der Waals surface area contributed by atoms with Crippen molar-refractivity contribution in [2.75, 3.05) is 6.54 Å². The number of aryl methyl sites for hydroxylation is 1. The minimum absolute atomic E-state index is 0.176. The molecule has 2 aromatic carbocycles. The van der Waals surface area contributed by atoms with E-state index in [1.165, 1.54) is 16.3 Å². The van der Waals surface area contributed by atoms with Gasteiger partial charge in [0, 0.05) is 5.38 Å². The number of fused-ring (bicyclic) bond motifs is 1. The molecule has 0 aliphatic carbocycles. The molecule has 0 saturated carbocycles. The molecule has 0 saturated heterocycles. The summed E-state index contributed by atoms with van der Waals surface area (Å²) >= 11 is 1.71. The highest BCUT2D eigenvalue weighted by atomic mass is 32.1. The van der Waals surface area contributed by atoms with E-state index in [2.05, 4.69) is 72.0 Å². The van der Waals surface area contributed by atoms with Gasteiger partial charge in [-0.3, -0.25) is 0 Å². The maximum atomic E-state index is 4.64. The van der Waals surface area contributed by atoms with Crippen LogP contribution in [-0.2, 0) is 0 Å². The molecule has 0 bridgehead atoms. The molecular weight excluding hydrogens is 264 g/mol. The molecule has 0 radical (unpaired) electrons. The molecule has 1 N–H and O–H groups in total. The standard InChI is InChI=1S/C17H18N2S/c1-3-18-17(16-11-20-12(2)19-16)15-9-8-13-6-4-5-7-14(13)10-15/h4-11,17-18H,3H2,1-2H3. The molecule has 3 aromatic rings. The zero-order valence-electron chi connectivity index (χ0n) is 11.8. The number of hydrogen-bond donors (Lipinski definition) is 1. The zero-order chi connectivity index (χ0) is 13.9. The summed E-state index contributed by atoms with van der Waals surface area (Å²) in [5.74, 6) is 0. The van der Waals surface area contributed by atoms with Gasteiger partial charge in [0.1, 0.15) is 0 Å². The monoisotopic (exact) mass is 282 g/mol. The molecule has 0 fully saturated rings. The minimum Gasteiger partial charge on any atom is -0.305 e. The summed E-state index contributed by atoms with van der Waals surface area (Å²) in [6, 6.07) is 15.3. The summed E-state index contributed by atoms with van der Waals surface area (Å²) in [6.07, 6.45) is 0. The Balaban J connectivity index is 2.04. The third-order valence-electron chi connectivity index (χ3n) is 3.45. The van der Waals surface area contributed by atoms with Crippen LogP contribution in [0.2, 0.25) is 0 Å². The van der Waals surface area contributed by atoms with Crippen molar-refractivity contribution in [1.29, 1.82) is 0 Å². The number of nitrogens with zero attached hydrogens (tertiary/aromatic N) is 1. The van der Waals surface area contributed by atoms with Gasteiger partial charge in [-0.1, -0.05) is 43.3 Å². The summed E-state index contributed by atoms with van der Waals surface area (Å²) in [6.45, 7) is 5.11. The third kappa shape index (κ3) is 2.60. The minimum atomic E-state index is 0.176. The Kier molecular flexibility index (Phi) is 3.81. The Labute approximate surface area is 123 Å². The Bertz CT molecular complexity index is 718. The van der Waals surface area contributed by atoms with E-state index in [1.54, 1.807) is 11.3 Å². The van der Waals surface area contributed by atoms with Crippen LogP contribution in [0.3, 0.4) is 0 Å². The van der Waals surface area contributed by atoms with Gasteiger partial charge in [-0.05, 0) is 35.9 Å². The van der Waals surface area contributed by atoms with Gasteiger partial charge >= 0.3 is 0 Å². The van der Waals surface area contributed by atoms with Gasteiger partial charge in [0.2, 0.25) is 0 Å². The van der Waals surface area contributed by atoms with Crippen LogP contribution < -0.4 is 5.32 Å². The van der Waals surface area contributed by atoms with Crippen LogP contribution in [0.1, 0.15) is 29.2 Å². The number of hydrogen-bond acceptors (Lipinski definition) is 3. The third-order valence-corrected chi connectivity index (χ3v) is 4.24. The number of benzene rings is 2. The van der Waals surface area contributed by atoms with E-state index in [0.717, 1.165) is 17.2 Å². The van der Waals surface area contributed by atoms with E-state index < -0.39 is 0 Å². The van der Waals surface area contributed by atoms with Crippen molar-refractivity contribution in [2.45, 2.75) is 19.9 Å². The Hall–Kier alpha value is -1.71. The first kappa shape index (κ1) is 13.3. The Morgan fingerprint density at radius 2 is 1.95 bits per heavy atom. The second-order valence-electron chi connectivity index (χ2n) is 4.89. The molecule has 3 heteroatoms. The molecular formula is C17H18N2S. The summed E-state index contributed by atoms with van der Waals surface area (Å²) in [5, 5.41) is 9.36.